The summed E-state index contributed by atoms with van der Waals surface area (Å²) < 4.78 is 5.62. The van der Waals surface area contributed by atoms with Gasteiger partial charge in [0.05, 0.1) is 12.3 Å². The Bertz CT molecular complexity index is 918. The molecule has 0 saturated heterocycles. The molecule has 0 saturated carbocycles. The van der Waals surface area contributed by atoms with Crippen molar-refractivity contribution in [2.24, 2.45) is 5.73 Å². The quantitative estimate of drug-likeness (QED) is 0.578. The summed E-state index contributed by atoms with van der Waals surface area (Å²) in [6.07, 6.45) is 1.77. The van der Waals surface area contributed by atoms with Crippen LogP contribution in [0.4, 0.5) is 0 Å². The van der Waals surface area contributed by atoms with Crippen LogP contribution in [0.1, 0.15) is 17.2 Å². The third-order valence-corrected chi connectivity index (χ3v) is 4.00. The lowest BCUT2D eigenvalue weighted by Crippen LogP contribution is -2.11. The number of fused-ring (bicyclic) bond motifs is 2. The number of benzene rings is 3. The second kappa shape index (κ2) is 4.76. The van der Waals surface area contributed by atoms with E-state index < -0.39 is 0 Å². The normalized spacial score (nSPS) is 12.8. The molecule has 0 amide bonds. The van der Waals surface area contributed by atoms with E-state index in [0.717, 1.165) is 22.1 Å². The lowest BCUT2D eigenvalue weighted by atomic mass is 9.94. The predicted octanol–water partition coefficient (Wildman–Crippen LogP) is 4.63. The SMILES string of the molecule is NC(c1cccc2ccccc12)c1coc2ccccc12. The van der Waals surface area contributed by atoms with Gasteiger partial charge >= 0.3 is 0 Å². The second-order valence-corrected chi connectivity index (χ2v) is 5.23. The van der Waals surface area contributed by atoms with Gasteiger partial charge in [-0.05, 0) is 22.4 Å². The van der Waals surface area contributed by atoms with E-state index in [-0.39, 0.29) is 6.04 Å². The number of furan rings is 1. The van der Waals surface area contributed by atoms with Crippen molar-refractivity contribution in [1.82, 2.24) is 0 Å². The monoisotopic (exact) mass is 273 g/mol. The van der Waals surface area contributed by atoms with Crippen molar-refractivity contribution in [3.8, 4) is 0 Å². The van der Waals surface area contributed by atoms with Gasteiger partial charge in [0.2, 0.25) is 0 Å². The smallest absolute Gasteiger partial charge is 0.134 e. The molecule has 0 spiro atoms. The molecule has 3 aromatic carbocycles. The van der Waals surface area contributed by atoms with Gasteiger partial charge in [-0.25, -0.2) is 0 Å². The molecule has 0 radical (unpaired) electrons. The number of para-hydroxylation sites is 1. The van der Waals surface area contributed by atoms with Crippen LogP contribution in [0.2, 0.25) is 0 Å². The molecule has 0 aliphatic carbocycles. The van der Waals surface area contributed by atoms with Gasteiger partial charge in [-0.1, -0.05) is 60.7 Å². The maximum atomic E-state index is 6.53. The summed E-state index contributed by atoms with van der Waals surface area (Å²) >= 11 is 0. The van der Waals surface area contributed by atoms with Crippen molar-refractivity contribution in [2.75, 3.05) is 0 Å². The molecule has 1 atom stereocenters. The highest BCUT2D eigenvalue weighted by molar-refractivity contribution is 5.88. The lowest BCUT2D eigenvalue weighted by molar-refractivity contribution is 0.607. The van der Waals surface area contributed by atoms with Crippen molar-refractivity contribution < 1.29 is 4.42 Å². The minimum Gasteiger partial charge on any atom is -0.464 e. The van der Waals surface area contributed by atoms with E-state index in [4.69, 9.17) is 10.2 Å². The minimum absolute atomic E-state index is 0.195. The summed E-state index contributed by atoms with van der Waals surface area (Å²) in [6.45, 7) is 0. The molecule has 2 N–H and O–H groups in total. The van der Waals surface area contributed by atoms with Gasteiger partial charge in [0.1, 0.15) is 5.58 Å². The largest absolute Gasteiger partial charge is 0.464 e. The molecule has 2 nitrogen and oxygen atoms in total. The maximum absolute atomic E-state index is 6.53. The van der Waals surface area contributed by atoms with Gasteiger partial charge in [-0.2, -0.15) is 0 Å². The summed E-state index contributed by atoms with van der Waals surface area (Å²) in [7, 11) is 0. The van der Waals surface area contributed by atoms with E-state index in [1.54, 1.807) is 6.26 Å². The summed E-state index contributed by atoms with van der Waals surface area (Å²) in [5.41, 5.74) is 9.57. The number of hydrogen-bond acceptors (Lipinski definition) is 2. The standard InChI is InChI=1S/C19H15NO/c20-19(17-12-21-18-11-4-3-9-15(17)18)16-10-5-7-13-6-1-2-8-14(13)16/h1-12,19H,20H2. The topological polar surface area (TPSA) is 39.2 Å². The first-order valence-electron chi connectivity index (χ1n) is 7.04. The Labute approximate surface area is 122 Å². The van der Waals surface area contributed by atoms with Gasteiger partial charge in [0, 0.05) is 10.9 Å². The number of rotatable bonds is 2. The highest BCUT2D eigenvalue weighted by Crippen LogP contribution is 2.32. The molecule has 0 aliphatic rings. The van der Waals surface area contributed by atoms with Gasteiger partial charge in [-0.15, -0.1) is 0 Å². The van der Waals surface area contributed by atoms with Crippen molar-refractivity contribution in [3.05, 3.63) is 84.1 Å². The van der Waals surface area contributed by atoms with Crippen molar-refractivity contribution >= 4 is 21.7 Å². The molecule has 1 heterocycles. The molecule has 4 aromatic rings. The van der Waals surface area contributed by atoms with Crippen LogP contribution in [0.3, 0.4) is 0 Å². The molecule has 1 aromatic heterocycles. The molecule has 4 rings (SSSR count). The van der Waals surface area contributed by atoms with Crippen LogP contribution in [0, 0.1) is 0 Å². The van der Waals surface area contributed by atoms with E-state index in [0.29, 0.717) is 0 Å². The van der Waals surface area contributed by atoms with Gasteiger partial charge in [0.25, 0.3) is 0 Å². The summed E-state index contributed by atoms with van der Waals surface area (Å²) in [5.74, 6) is 0. The van der Waals surface area contributed by atoms with E-state index >= 15 is 0 Å². The molecule has 1 unspecified atom stereocenters. The molecule has 0 bridgehead atoms. The van der Waals surface area contributed by atoms with E-state index in [9.17, 15) is 0 Å². The van der Waals surface area contributed by atoms with E-state index in [1.807, 2.05) is 30.3 Å². The third-order valence-electron chi connectivity index (χ3n) is 4.00. The fourth-order valence-corrected chi connectivity index (χ4v) is 2.93. The fraction of sp³-hybridized carbons (Fsp3) is 0.0526. The first-order chi connectivity index (χ1) is 10.3. The summed E-state index contributed by atoms with van der Waals surface area (Å²) in [4.78, 5) is 0. The Morgan fingerprint density at radius 1 is 0.714 bits per heavy atom. The molecular weight excluding hydrogens is 258 g/mol. The average Bonchev–Trinajstić information content (AvgIpc) is 2.98. The second-order valence-electron chi connectivity index (χ2n) is 5.23. The Kier molecular flexibility index (Phi) is 2.76. The summed E-state index contributed by atoms with van der Waals surface area (Å²) in [6, 6.07) is 22.4. The zero-order valence-corrected chi connectivity index (χ0v) is 11.5. The van der Waals surface area contributed by atoms with Crippen LogP contribution < -0.4 is 5.73 Å². The Morgan fingerprint density at radius 2 is 1.43 bits per heavy atom. The van der Waals surface area contributed by atoms with Crippen molar-refractivity contribution in [2.45, 2.75) is 6.04 Å². The van der Waals surface area contributed by atoms with Crippen LogP contribution >= 0.6 is 0 Å². The fourth-order valence-electron chi connectivity index (χ4n) is 2.93. The van der Waals surface area contributed by atoms with Crippen LogP contribution in [-0.2, 0) is 0 Å². The van der Waals surface area contributed by atoms with Crippen LogP contribution in [0.15, 0.2) is 77.4 Å². The molecule has 21 heavy (non-hydrogen) atoms. The maximum Gasteiger partial charge on any atom is 0.134 e. The predicted molar refractivity (Wildman–Crippen MR) is 86.2 cm³/mol. The van der Waals surface area contributed by atoms with Gasteiger partial charge in [0.15, 0.2) is 0 Å². The van der Waals surface area contributed by atoms with Crippen LogP contribution in [0.5, 0.6) is 0 Å². The first-order valence-corrected chi connectivity index (χ1v) is 7.04. The first kappa shape index (κ1) is 12.2. The molecule has 102 valence electrons. The van der Waals surface area contributed by atoms with Crippen molar-refractivity contribution in [1.29, 1.82) is 0 Å². The van der Waals surface area contributed by atoms with E-state index in [2.05, 4.69) is 36.4 Å². The summed E-state index contributed by atoms with van der Waals surface area (Å²) in [5, 5.41) is 3.48. The average molecular weight is 273 g/mol. The molecule has 0 aliphatic heterocycles. The highest BCUT2D eigenvalue weighted by Gasteiger charge is 2.16. The highest BCUT2D eigenvalue weighted by atomic mass is 16.3. The Morgan fingerprint density at radius 3 is 2.33 bits per heavy atom. The molecular formula is C19H15NO. The van der Waals surface area contributed by atoms with Crippen molar-refractivity contribution in [3.63, 3.8) is 0 Å². The van der Waals surface area contributed by atoms with Crippen LogP contribution in [0.25, 0.3) is 21.7 Å². The minimum atomic E-state index is -0.195. The molecule has 0 fully saturated rings. The Hall–Kier alpha value is -2.58. The third kappa shape index (κ3) is 1.92. The lowest BCUT2D eigenvalue weighted by Gasteiger charge is -2.13. The number of nitrogens with two attached hydrogens (primary N) is 1. The van der Waals surface area contributed by atoms with Crippen LogP contribution in [-0.4, -0.2) is 0 Å². The zero-order valence-electron chi connectivity index (χ0n) is 11.5. The number of hydrogen-bond donors (Lipinski definition) is 1. The van der Waals surface area contributed by atoms with Gasteiger partial charge < -0.3 is 10.2 Å². The van der Waals surface area contributed by atoms with Gasteiger partial charge in [-0.3, -0.25) is 0 Å². The molecule has 2 heteroatoms. The van der Waals surface area contributed by atoms with E-state index in [1.165, 1.54) is 10.8 Å². The zero-order chi connectivity index (χ0) is 14.2. The Balaban J connectivity index is 1.92.